The molecule has 8 nitrogen and oxygen atoms in total. The van der Waals surface area contributed by atoms with Gasteiger partial charge in [-0.25, -0.2) is 13.2 Å². The third kappa shape index (κ3) is 5.50. The molecule has 0 aliphatic carbocycles. The third-order valence-electron chi connectivity index (χ3n) is 3.59. The summed E-state index contributed by atoms with van der Waals surface area (Å²) in [5, 5.41) is 2.41. The van der Waals surface area contributed by atoms with E-state index in [1.165, 1.54) is 4.90 Å². The topological polar surface area (TPSA) is 119 Å². The number of ether oxygens (including phenoxy) is 1. The van der Waals surface area contributed by atoms with Gasteiger partial charge >= 0.3 is 6.03 Å². The Bertz CT molecular complexity index is 672. The fraction of sp³-hybridized carbons (Fsp3) is 0.467. The van der Waals surface area contributed by atoms with Gasteiger partial charge < -0.3 is 20.7 Å². The minimum absolute atomic E-state index is 0.217. The van der Waals surface area contributed by atoms with Crippen LogP contribution < -0.4 is 11.1 Å². The van der Waals surface area contributed by atoms with Gasteiger partial charge in [0.25, 0.3) is 0 Å². The quantitative estimate of drug-likeness (QED) is 0.713. The predicted octanol–water partition coefficient (Wildman–Crippen LogP) is -0.503. The fourth-order valence-electron chi connectivity index (χ4n) is 2.34. The number of sulfone groups is 1. The molecule has 1 aromatic carbocycles. The normalized spacial score (nSPS) is 16.4. The molecule has 1 unspecified atom stereocenters. The second-order valence-corrected chi connectivity index (χ2v) is 7.65. The number of carbonyl (C=O) groups is 2. The maximum absolute atomic E-state index is 12.3. The highest BCUT2D eigenvalue weighted by Gasteiger charge is 2.28. The zero-order valence-corrected chi connectivity index (χ0v) is 14.0. The van der Waals surface area contributed by atoms with Crippen molar-refractivity contribution in [3.05, 3.63) is 35.9 Å². The van der Waals surface area contributed by atoms with Crippen molar-refractivity contribution in [2.75, 3.05) is 32.1 Å². The molecular weight excluding hydrogens is 334 g/mol. The summed E-state index contributed by atoms with van der Waals surface area (Å²) in [6.07, 6.45) is 0. The fourth-order valence-corrected chi connectivity index (χ4v) is 3.92. The van der Waals surface area contributed by atoms with E-state index in [0.29, 0.717) is 31.9 Å². The Labute approximate surface area is 140 Å². The number of carbonyl (C=O) groups excluding carboxylic acids is 2. The predicted molar refractivity (Wildman–Crippen MR) is 87.8 cm³/mol. The lowest BCUT2D eigenvalue weighted by atomic mass is 10.2. The Kier molecular flexibility index (Phi) is 6.16. The third-order valence-corrected chi connectivity index (χ3v) is 5.20. The van der Waals surface area contributed by atoms with Crippen LogP contribution in [0.3, 0.4) is 0 Å². The first-order valence-corrected chi connectivity index (χ1v) is 9.36. The van der Waals surface area contributed by atoms with Crippen LogP contribution in [0.15, 0.2) is 30.3 Å². The lowest BCUT2D eigenvalue weighted by Crippen LogP contribution is -2.54. The molecule has 0 saturated carbocycles. The van der Waals surface area contributed by atoms with E-state index in [0.717, 1.165) is 0 Å². The van der Waals surface area contributed by atoms with Crippen molar-refractivity contribution in [3.8, 4) is 0 Å². The molecule has 0 radical (unpaired) electrons. The van der Waals surface area contributed by atoms with Crippen molar-refractivity contribution in [1.29, 1.82) is 0 Å². The van der Waals surface area contributed by atoms with Gasteiger partial charge in [0.05, 0.1) is 24.7 Å². The average molecular weight is 355 g/mol. The van der Waals surface area contributed by atoms with Gasteiger partial charge in [0.15, 0.2) is 9.84 Å². The Morgan fingerprint density at radius 3 is 2.42 bits per heavy atom. The zero-order valence-electron chi connectivity index (χ0n) is 13.2. The van der Waals surface area contributed by atoms with Crippen LogP contribution in [-0.2, 0) is 25.1 Å². The molecular formula is C15H21N3O5S. The molecule has 1 heterocycles. The van der Waals surface area contributed by atoms with Crippen molar-refractivity contribution < 1.29 is 22.7 Å². The number of primary amides is 1. The molecule has 132 valence electrons. The van der Waals surface area contributed by atoms with Crippen molar-refractivity contribution in [1.82, 2.24) is 10.2 Å². The maximum Gasteiger partial charge on any atom is 0.318 e. The number of rotatable bonds is 6. The van der Waals surface area contributed by atoms with Crippen LogP contribution in [0.2, 0.25) is 0 Å². The first kappa shape index (κ1) is 18.2. The molecule has 1 saturated heterocycles. The number of morpholine rings is 1. The van der Waals surface area contributed by atoms with E-state index in [1.807, 2.05) is 0 Å². The summed E-state index contributed by atoms with van der Waals surface area (Å²) in [4.78, 5) is 25.1. The van der Waals surface area contributed by atoms with E-state index in [1.54, 1.807) is 30.3 Å². The van der Waals surface area contributed by atoms with Crippen LogP contribution in [0.5, 0.6) is 0 Å². The van der Waals surface area contributed by atoms with E-state index in [-0.39, 0.29) is 5.75 Å². The second-order valence-electron chi connectivity index (χ2n) is 5.54. The number of nitrogens with two attached hydrogens (primary N) is 1. The van der Waals surface area contributed by atoms with Gasteiger partial charge in [-0.1, -0.05) is 30.3 Å². The number of benzene rings is 1. The summed E-state index contributed by atoms with van der Waals surface area (Å²) in [7, 11) is -3.61. The Morgan fingerprint density at radius 1 is 1.21 bits per heavy atom. The molecule has 1 aliphatic rings. The molecule has 3 N–H and O–H groups in total. The van der Waals surface area contributed by atoms with Crippen LogP contribution in [-0.4, -0.2) is 63.4 Å². The smallest absolute Gasteiger partial charge is 0.318 e. The average Bonchev–Trinajstić information content (AvgIpc) is 2.55. The highest BCUT2D eigenvalue weighted by Crippen LogP contribution is 2.08. The lowest BCUT2D eigenvalue weighted by Gasteiger charge is -2.28. The monoisotopic (exact) mass is 355 g/mol. The highest BCUT2D eigenvalue weighted by atomic mass is 32.2. The largest absolute Gasteiger partial charge is 0.378 e. The number of nitrogens with one attached hydrogen (secondary N) is 1. The van der Waals surface area contributed by atoms with Crippen molar-refractivity contribution in [2.45, 2.75) is 11.8 Å². The standard InChI is InChI=1S/C15H21N3O5S/c16-14(19)13(17-15(20)18-6-8-23-9-7-18)11-24(21,22)10-12-4-2-1-3-5-12/h1-5,13H,6-11H2,(H2,16,19)(H,17,20). The van der Waals surface area contributed by atoms with Crippen LogP contribution in [0, 0.1) is 0 Å². The first-order chi connectivity index (χ1) is 11.4. The molecule has 24 heavy (non-hydrogen) atoms. The van der Waals surface area contributed by atoms with Gasteiger partial charge in [-0.3, -0.25) is 4.79 Å². The summed E-state index contributed by atoms with van der Waals surface area (Å²) in [6.45, 7) is 1.57. The summed E-state index contributed by atoms with van der Waals surface area (Å²) in [5.74, 6) is -1.63. The Hall–Kier alpha value is -2.13. The molecule has 3 amide bonds. The van der Waals surface area contributed by atoms with E-state index < -0.39 is 33.6 Å². The maximum atomic E-state index is 12.3. The van der Waals surface area contributed by atoms with Crippen molar-refractivity contribution >= 4 is 21.8 Å². The molecule has 9 heteroatoms. The lowest BCUT2D eigenvalue weighted by molar-refractivity contribution is -0.119. The SMILES string of the molecule is NC(=O)C(CS(=O)(=O)Cc1ccccc1)NC(=O)N1CCOCC1. The van der Waals surface area contributed by atoms with E-state index in [9.17, 15) is 18.0 Å². The molecule has 1 atom stereocenters. The van der Waals surface area contributed by atoms with Crippen LogP contribution in [0.4, 0.5) is 4.79 Å². The molecule has 1 fully saturated rings. The number of hydrogen-bond acceptors (Lipinski definition) is 5. The summed E-state index contributed by atoms with van der Waals surface area (Å²) < 4.78 is 29.7. The number of nitrogens with zero attached hydrogens (tertiary/aromatic N) is 1. The Balaban J connectivity index is 1.99. The van der Waals surface area contributed by atoms with Gasteiger partial charge in [0.1, 0.15) is 6.04 Å². The minimum Gasteiger partial charge on any atom is -0.378 e. The first-order valence-electron chi connectivity index (χ1n) is 7.54. The number of urea groups is 1. The van der Waals surface area contributed by atoms with Crippen molar-refractivity contribution in [2.24, 2.45) is 5.73 Å². The van der Waals surface area contributed by atoms with Crippen LogP contribution in [0.1, 0.15) is 5.56 Å². The molecule has 0 aromatic heterocycles. The van der Waals surface area contributed by atoms with Gasteiger partial charge in [-0.05, 0) is 5.56 Å². The van der Waals surface area contributed by atoms with Crippen LogP contribution >= 0.6 is 0 Å². The highest BCUT2D eigenvalue weighted by molar-refractivity contribution is 7.90. The summed E-state index contributed by atoms with van der Waals surface area (Å²) in [6, 6.07) is 6.83. The minimum atomic E-state index is -3.61. The van der Waals surface area contributed by atoms with Gasteiger partial charge in [0.2, 0.25) is 5.91 Å². The van der Waals surface area contributed by atoms with E-state index in [4.69, 9.17) is 10.5 Å². The number of amides is 3. The van der Waals surface area contributed by atoms with Gasteiger partial charge in [-0.15, -0.1) is 0 Å². The summed E-state index contributed by atoms with van der Waals surface area (Å²) in [5.41, 5.74) is 5.87. The van der Waals surface area contributed by atoms with Crippen LogP contribution in [0.25, 0.3) is 0 Å². The molecule has 1 aliphatic heterocycles. The molecule has 0 spiro atoms. The van der Waals surface area contributed by atoms with Gasteiger partial charge in [0, 0.05) is 13.1 Å². The molecule has 0 bridgehead atoms. The second kappa shape index (κ2) is 8.11. The van der Waals surface area contributed by atoms with Crippen molar-refractivity contribution in [3.63, 3.8) is 0 Å². The zero-order chi connectivity index (χ0) is 17.6. The van der Waals surface area contributed by atoms with E-state index >= 15 is 0 Å². The molecule has 1 aromatic rings. The number of hydrogen-bond donors (Lipinski definition) is 2. The van der Waals surface area contributed by atoms with Gasteiger partial charge in [-0.2, -0.15) is 0 Å². The van der Waals surface area contributed by atoms with E-state index in [2.05, 4.69) is 5.32 Å². The summed E-state index contributed by atoms with van der Waals surface area (Å²) >= 11 is 0. The Morgan fingerprint density at radius 2 is 1.83 bits per heavy atom. The molecule has 2 rings (SSSR count).